The van der Waals surface area contributed by atoms with Crippen molar-refractivity contribution < 1.29 is 24.2 Å². The Morgan fingerprint density at radius 2 is 1.55 bits per heavy atom. The summed E-state index contributed by atoms with van der Waals surface area (Å²) in [6.45, 7) is 7.19. The lowest BCUT2D eigenvalue weighted by atomic mass is 9.80. The summed E-state index contributed by atoms with van der Waals surface area (Å²) < 4.78 is 12.6. The van der Waals surface area contributed by atoms with Gasteiger partial charge in [-0.3, -0.25) is 4.79 Å². The highest BCUT2D eigenvalue weighted by Crippen LogP contribution is 2.41. The van der Waals surface area contributed by atoms with E-state index in [1.807, 2.05) is 45.0 Å². The van der Waals surface area contributed by atoms with Gasteiger partial charge in [0.05, 0.1) is 17.3 Å². The van der Waals surface area contributed by atoms with Crippen LogP contribution >= 0.6 is 0 Å². The minimum absolute atomic E-state index is 0.0433. The van der Waals surface area contributed by atoms with Crippen molar-refractivity contribution in [3.05, 3.63) is 60.4 Å². The van der Waals surface area contributed by atoms with Crippen LogP contribution in [-0.4, -0.2) is 34.8 Å². The second-order valence-electron chi connectivity index (χ2n) is 7.94. The third-order valence-corrected chi connectivity index (χ3v) is 6.02. The molecule has 6 heteroatoms. The Kier molecular flexibility index (Phi) is 6.68. The largest absolute Gasteiger partial charge is 0.512 e. The summed E-state index contributed by atoms with van der Waals surface area (Å²) in [7, 11) is 0. The average Bonchev–Trinajstić information content (AvgIpc) is 3.09. The number of aromatic nitrogens is 1. The van der Waals surface area contributed by atoms with Crippen LogP contribution in [0.4, 0.5) is 0 Å². The maximum Gasteiger partial charge on any atom is 0.334 e. The van der Waals surface area contributed by atoms with E-state index >= 15 is 0 Å². The van der Waals surface area contributed by atoms with Crippen molar-refractivity contribution in [3.8, 4) is 0 Å². The Labute approximate surface area is 182 Å². The standard InChI is InChI=1S/C25H29NO5/c1-5-25(4,24(29)31-15-14-30-23(28)16-17(2)27)18(3)26-21-12-8-6-10-19(21)20-11-7-9-13-22(20)26/h6-13,16,18,27H,5,14-15H2,1-4H3/b17-16-. The topological polar surface area (TPSA) is 77.8 Å². The predicted molar refractivity (Wildman–Crippen MR) is 121 cm³/mol. The maximum absolute atomic E-state index is 13.1. The number of aliphatic hydroxyl groups excluding tert-OH is 1. The summed E-state index contributed by atoms with van der Waals surface area (Å²) in [6, 6.07) is 16.2. The van der Waals surface area contributed by atoms with Gasteiger partial charge in [-0.2, -0.15) is 0 Å². The molecule has 0 bridgehead atoms. The van der Waals surface area contributed by atoms with E-state index < -0.39 is 11.4 Å². The van der Waals surface area contributed by atoms with E-state index in [2.05, 4.69) is 28.8 Å². The summed E-state index contributed by atoms with van der Waals surface area (Å²) in [6.07, 6.45) is 1.56. The van der Waals surface area contributed by atoms with Gasteiger partial charge >= 0.3 is 11.9 Å². The third-order valence-electron chi connectivity index (χ3n) is 6.02. The zero-order valence-corrected chi connectivity index (χ0v) is 18.4. The third kappa shape index (κ3) is 4.43. The van der Waals surface area contributed by atoms with Crippen LogP contribution in [0.3, 0.4) is 0 Å². The highest BCUT2D eigenvalue weighted by atomic mass is 16.6. The van der Waals surface area contributed by atoms with Gasteiger partial charge in [0, 0.05) is 27.8 Å². The molecule has 1 aromatic heterocycles. The molecule has 2 unspecified atom stereocenters. The van der Waals surface area contributed by atoms with Gasteiger partial charge < -0.3 is 19.1 Å². The number of ether oxygens (including phenoxy) is 2. The molecule has 0 aliphatic carbocycles. The van der Waals surface area contributed by atoms with E-state index in [1.165, 1.54) is 6.92 Å². The fourth-order valence-corrected chi connectivity index (χ4v) is 3.92. The van der Waals surface area contributed by atoms with Crippen molar-refractivity contribution in [1.82, 2.24) is 4.57 Å². The van der Waals surface area contributed by atoms with Gasteiger partial charge in [-0.1, -0.05) is 43.3 Å². The second kappa shape index (κ2) is 9.25. The molecule has 2 atom stereocenters. The lowest BCUT2D eigenvalue weighted by Crippen LogP contribution is -2.37. The molecule has 2 aromatic carbocycles. The number of carbonyl (C=O) groups excluding carboxylic acids is 2. The van der Waals surface area contributed by atoms with E-state index in [1.54, 1.807) is 0 Å². The number of nitrogens with zero attached hydrogens (tertiary/aromatic N) is 1. The number of benzene rings is 2. The van der Waals surface area contributed by atoms with Crippen LogP contribution in [0.25, 0.3) is 21.8 Å². The highest BCUT2D eigenvalue weighted by molar-refractivity contribution is 6.08. The molecule has 0 fully saturated rings. The average molecular weight is 424 g/mol. The van der Waals surface area contributed by atoms with Crippen molar-refractivity contribution in [2.45, 2.75) is 40.2 Å². The van der Waals surface area contributed by atoms with Crippen LogP contribution in [0.2, 0.25) is 0 Å². The molecule has 1 heterocycles. The molecule has 0 radical (unpaired) electrons. The van der Waals surface area contributed by atoms with Crippen LogP contribution in [0.1, 0.15) is 40.2 Å². The number of allylic oxidation sites excluding steroid dienone is 1. The Balaban J connectivity index is 1.83. The quantitative estimate of drug-likeness (QED) is 0.230. The first-order valence-electron chi connectivity index (χ1n) is 10.5. The van der Waals surface area contributed by atoms with E-state index in [-0.39, 0.29) is 31.0 Å². The summed E-state index contributed by atoms with van der Waals surface area (Å²) in [4.78, 5) is 24.6. The first kappa shape index (κ1) is 22.4. The molecular formula is C25H29NO5. The molecule has 164 valence electrons. The zero-order chi connectivity index (χ0) is 22.6. The highest BCUT2D eigenvalue weighted by Gasteiger charge is 2.40. The van der Waals surface area contributed by atoms with Crippen molar-refractivity contribution in [1.29, 1.82) is 0 Å². The molecule has 0 saturated carbocycles. The lowest BCUT2D eigenvalue weighted by Gasteiger charge is -2.34. The molecule has 1 N–H and O–H groups in total. The Morgan fingerprint density at radius 1 is 1.03 bits per heavy atom. The van der Waals surface area contributed by atoms with Gasteiger partial charge in [0.15, 0.2) is 0 Å². The number of carbonyl (C=O) groups is 2. The number of aliphatic hydroxyl groups is 1. The molecule has 3 rings (SSSR count). The monoisotopic (exact) mass is 423 g/mol. The van der Waals surface area contributed by atoms with Gasteiger partial charge in [0.25, 0.3) is 0 Å². The van der Waals surface area contributed by atoms with Gasteiger partial charge in [-0.15, -0.1) is 0 Å². The maximum atomic E-state index is 13.1. The summed E-state index contributed by atoms with van der Waals surface area (Å²) in [5.41, 5.74) is 1.36. The van der Waals surface area contributed by atoms with Crippen LogP contribution in [0, 0.1) is 5.41 Å². The van der Waals surface area contributed by atoms with Crippen molar-refractivity contribution in [2.75, 3.05) is 13.2 Å². The number of hydrogen-bond donors (Lipinski definition) is 1. The van der Waals surface area contributed by atoms with E-state index in [4.69, 9.17) is 14.6 Å². The number of esters is 2. The van der Waals surface area contributed by atoms with Gasteiger partial charge in [0.2, 0.25) is 0 Å². The number of hydrogen-bond acceptors (Lipinski definition) is 5. The Morgan fingerprint density at radius 3 is 2.06 bits per heavy atom. The normalized spacial score (nSPS) is 14.9. The molecule has 31 heavy (non-hydrogen) atoms. The minimum Gasteiger partial charge on any atom is -0.512 e. The fourth-order valence-electron chi connectivity index (χ4n) is 3.92. The van der Waals surface area contributed by atoms with Crippen molar-refractivity contribution in [3.63, 3.8) is 0 Å². The van der Waals surface area contributed by atoms with Crippen molar-refractivity contribution >= 4 is 33.7 Å². The Bertz CT molecular complexity index is 1070. The molecule has 6 nitrogen and oxygen atoms in total. The first-order valence-corrected chi connectivity index (χ1v) is 10.5. The van der Waals surface area contributed by atoms with E-state index in [0.717, 1.165) is 27.9 Å². The molecule has 3 aromatic rings. The van der Waals surface area contributed by atoms with Crippen LogP contribution in [0.5, 0.6) is 0 Å². The molecule has 0 amide bonds. The SMILES string of the molecule is CCC(C)(C(=O)OCCOC(=O)/C=C(/C)O)C(C)n1c2ccccc2c2ccccc21. The minimum atomic E-state index is -0.782. The van der Waals surface area contributed by atoms with Crippen LogP contribution in [-0.2, 0) is 19.1 Å². The molecule has 0 aliphatic heterocycles. The van der Waals surface area contributed by atoms with Gasteiger partial charge in [0.1, 0.15) is 13.2 Å². The summed E-state index contributed by atoms with van der Waals surface area (Å²) in [5.74, 6) is -1.15. The second-order valence-corrected chi connectivity index (χ2v) is 7.94. The molecule has 0 aliphatic rings. The van der Waals surface area contributed by atoms with E-state index in [9.17, 15) is 9.59 Å². The lowest BCUT2D eigenvalue weighted by molar-refractivity contribution is -0.161. The van der Waals surface area contributed by atoms with Crippen LogP contribution in [0.15, 0.2) is 60.4 Å². The number of rotatable bonds is 8. The predicted octanol–water partition coefficient (Wildman–Crippen LogP) is 5.32. The number of fused-ring (bicyclic) bond motifs is 3. The van der Waals surface area contributed by atoms with Gasteiger partial charge in [-0.05, 0) is 39.3 Å². The van der Waals surface area contributed by atoms with Gasteiger partial charge in [-0.25, -0.2) is 4.79 Å². The molecule has 0 spiro atoms. The Hall–Kier alpha value is -3.28. The summed E-state index contributed by atoms with van der Waals surface area (Å²) >= 11 is 0. The zero-order valence-electron chi connectivity index (χ0n) is 18.4. The van der Waals surface area contributed by atoms with Crippen LogP contribution < -0.4 is 0 Å². The fraction of sp³-hybridized carbons (Fsp3) is 0.360. The molecular weight excluding hydrogens is 394 g/mol. The van der Waals surface area contributed by atoms with Crippen molar-refractivity contribution in [2.24, 2.45) is 5.41 Å². The first-order chi connectivity index (χ1) is 14.8. The van der Waals surface area contributed by atoms with E-state index in [0.29, 0.717) is 6.42 Å². The summed E-state index contributed by atoms with van der Waals surface area (Å²) in [5, 5.41) is 11.4. The number of para-hydroxylation sites is 2. The molecule has 0 saturated heterocycles. The smallest absolute Gasteiger partial charge is 0.334 e.